The van der Waals surface area contributed by atoms with Gasteiger partial charge in [0.1, 0.15) is 0 Å². The molecule has 0 saturated carbocycles. The second-order valence-electron chi connectivity index (χ2n) is 8.26. The van der Waals surface area contributed by atoms with Gasteiger partial charge in [0.15, 0.2) is 5.78 Å². The number of carbonyl (C=O) groups excluding carboxylic acids is 1. The first kappa shape index (κ1) is 21.4. The van der Waals surface area contributed by atoms with Crippen LogP contribution in [0.3, 0.4) is 0 Å². The molecule has 0 fully saturated rings. The smallest absolute Gasteiger partial charge is 0.348 e. The van der Waals surface area contributed by atoms with Gasteiger partial charge in [-0.1, -0.05) is 36.4 Å². The molecule has 0 spiro atoms. The Morgan fingerprint density at radius 3 is 2.55 bits per heavy atom. The largest absolute Gasteiger partial charge is 0.483 e. The highest BCUT2D eigenvalue weighted by Gasteiger charge is 2.35. The van der Waals surface area contributed by atoms with Crippen LogP contribution in [0.25, 0.3) is 21.5 Å². The fourth-order valence-electron chi connectivity index (χ4n) is 4.40. The summed E-state index contributed by atoms with van der Waals surface area (Å²) < 4.78 is 4.82. The van der Waals surface area contributed by atoms with Gasteiger partial charge in [0, 0.05) is 12.0 Å². The molecule has 160 valence electrons. The molecule has 1 aliphatic carbocycles. The molecule has 2 aliphatic rings. The van der Waals surface area contributed by atoms with Crippen molar-refractivity contribution in [3.05, 3.63) is 71.5 Å². The van der Waals surface area contributed by atoms with E-state index in [0.29, 0.717) is 6.42 Å². The molecule has 5 rings (SSSR count). The lowest BCUT2D eigenvalue weighted by Crippen LogP contribution is -2.33. The van der Waals surface area contributed by atoms with E-state index >= 15 is 0 Å². The minimum atomic E-state index is -1.00. The van der Waals surface area contributed by atoms with E-state index in [0.717, 1.165) is 29.2 Å². The zero-order valence-electron chi connectivity index (χ0n) is 17.5. The van der Waals surface area contributed by atoms with Gasteiger partial charge >= 0.3 is 5.97 Å². The van der Waals surface area contributed by atoms with Crippen LogP contribution >= 0.6 is 11.6 Å². The van der Waals surface area contributed by atoms with Gasteiger partial charge in [-0.15, -0.1) is 11.6 Å². The number of hydrogen-bond donors (Lipinski definition) is 1. The van der Waals surface area contributed by atoms with E-state index in [2.05, 4.69) is 30.3 Å². The van der Waals surface area contributed by atoms with E-state index in [4.69, 9.17) is 21.4 Å². The lowest BCUT2D eigenvalue weighted by Gasteiger charge is -2.20. The number of carboxylic acid groups (broad SMARTS) is 1. The van der Waals surface area contributed by atoms with Crippen molar-refractivity contribution in [2.75, 3.05) is 5.88 Å². The molecule has 5 heteroatoms. The Bertz CT molecular complexity index is 1190. The normalized spacial score (nSPS) is 19.4. The molecule has 1 N–H and O–H groups in total. The molecule has 1 atom stereocenters. The lowest BCUT2D eigenvalue weighted by atomic mass is 9.84. The fraction of sp³-hybridized carbons (Fsp3) is 0.308. The van der Waals surface area contributed by atoms with Gasteiger partial charge in [-0.3, -0.25) is 4.79 Å². The second-order valence-corrected chi connectivity index (χ2v) is 8.53. The first-order valence-electron chi connectivity index (χ1n) is 10.6. The van der Waals surface area contributed by atoms with Gasteiger partial charge in [-0.2, -0.15) is 0 Å². The maximum Gasteiger partial charge on any atom is 0.348 e. The third-order valence-electron chi connectivity index (χ3n) is 6.16. The number of ether oxygens (including phenoxy) is 1. The van der Waals surface area contributed by atoms with Crippen LogP contribution in [0.15, 0.2) is 54.8 Å². The van der Waals surface area contributed by atoms with E-state index < -0.39 is 11.6 Å². The molecule has 31 heavy (non-hydrogen) atoms. The number of carboxylic acids is 1. The predicted octanol–water partition coefficient (Wildman–Crippen LogP) is 6.06. The van der Waals surface area contributed by atoms with Gasteiger partial charge in [0.05, 0.1) is 12.1 Å². The van der Waals surface area contributed by atoms with Crippen LogP contribution in [0.4, 0.5) is 0 Å². The average molecular weight is 437 g/mol. The van der Waals surface area contributed by atoms with Crippen molar-refractivity contribution < 1.29 is 19.4 Å². The monoisotopic (exact) mass is 436 g/mol. The van der Waals surface area contributed by atoms with Gasteiger partial charge in [0.2, 0.25) is 5.60 Å². The molecule has 1 aliphatic heterocycles. The van der Waals surface area contributed by atoms with E-state index in [1.165, 1.54) is 41.0 Å². The van der Waals surface area contributed by atoms with Gasteiger partial charge in [-0.25, -0.2) is 4.79 Å². The van der Waals surface area contributed by atoms with E-state index in [1.54, 1.807) is 13.0 Å². The van der Waals surface area contributed by atoms with Gasteiger partial charge < -0.3 is 9.84 Å². The van der Waals surface area contributed by atoms with Crippen LogP contribution in [0.2, 0.25) is 0 Å². The van der Waals surface area contributed by atoms with E-state index in [1.807, 2.05) is 12.1 Å². The van der Waals surface area contributed by atoms with Crippen molar-refractivity contribution in [1.29, 1.82) is 0 Å². The first-order chi connectivity index (χ1) is 14.9. The maximum absolute atomic E-state index is 12.4. The summed E-state index contributed by atoms with van der Waals surface area (Å²) in [7, 11) is 0. The van der Waals surface area contributed by atoms with E-state index in [-0.39, 0.29) is 11.7 Å². The number of Topliss-reactive ketones (excluding diaryl/α,β-unsaturated/α-hetero) is 1. The van der Waals surface area contributed by atoms with Crippen LogP contribution in [0, 0.1) is 0 Å². The summed E-state index contributed by atoms with van der Waals surface area (Å²) in [4.78, 5) is 22.8. The predicted molar refractivity (Wildman–Crippen MR) is 124 cm³/mol. The molecule has 1 unspecified atom stereocenters. The topological polar surface area (TPSA) is 63.6 Å². The number of aliphatic carboxylic acids is 1. The van der Waals surface area contributed by atoms with Crippen molar-refractivity contribution in [2.24, 2.45) is 0 Å². The van der Waals surface area contributed by atoms with Crippen molar-refractivity contribution in [2.45, 2.75) is 44.6 Å². The number of benzene rings is 3. The van der Waals surface area contributed by atoms with Crippen LogP contribution in [-0.2, 0) is 22.4 Å². The highest BCUT2D eigenvalue weighted by Crippen LogP contribution is 2.36. The Hall–Kier alpha value is -2.85. The average Bonchev–Trinajstić information content (AvgIpc) is 3.26. The molecule has 0 bridgehead atoms. The summed E-state index contributed by atoms with van der Waals surface area (Å²) in [5.74, 6) is -0.846. The highest BCUT2D eigenvalue weighted by atomic mass is 35.5. The molecule has 0 amide bonds. The molecule has 3 aromatic rings. The lowest BCUT2D eigenvalue weighted by molar-refractivity contribution is -0.155. The molecule has 0 radical (unpaired) electrons. The van der Waals surface area contributed by atoms with Crippen molar-refractivity contribution in [1.82, 2.24) is 0 Å². The Balaban J connectivity index is 0.000000217. The number of rotatable bonds is 3. The Morgan fingerprint density at radius 2 is 1.87 bits per heavy atom. The van der Waals surface area contributed by atoms with E-state index in [9.17, 15) is 9.59 Å². The summed E-state index contributed by atoms with van der Waals surface area (Å²) in [6, 6.07) is 14.7. The second kappa shape index (κ2) is 8.72. The quantitative estimate of drug-likeness (QED) is 0.308. The minimum Gasteiger partial charge on any atom is -0.483 e. The fourth-order valence-corrected chi connectivity index (χ4v) is 4.55. The molecular weight excluding hydrogens is 412 g/mol. The Labute approximate surface area is 186 Å². The zero-order chi connectivity index (χ0) is 22.0. The number of hydrogen-bond acceptors (Lipinski definition) is 3. The minimum absolute atomic E-state index is 0.0244. The van der Waals surface area contributed by atoms with Crippen LogP contribution in [-0.4, -0.2) is 28.3 Å². The summed E-state index contributed by atoms with van der Waals surface area (Å²) in [6.07, 6.45) is 8.21. The summed E-state index contributed by atoms with van der Waals surface area (Å²) in [6.45, 7) is 1.55. The molecule has 3 aromatic carbocycles. The standard InChI is InChI=1S/C20H17ClO.C6H8O3/c21-12-19(22)18-11-14-6-2-3-7-15(14)17-10-9-13-5-1-4-8-16(13)20(17)18;1-6(5(7)8)3-2-4-9-6/h2-3,6-7,9-11H,1,4-5,8,12H2;2,4H,3H2,1H3,(H,7,8). The number of aryl methyl sites for hydroxylation is 2. The molecule has 0 aromatic heterocycles. The number of carbonyl (C=O) groups is 2. The van der Waals surface area contributed by atoms with Crippen LogP contribution in [0.1, 0.15) is 47.7 Å². The zero-order valence-corrected chi connectivity index (χ0v) is 18.2. The number of fused-ring (bicyclic) bond motifs is 5. The molecule has 1 heterocycles. The number of halogens is 1. The SMILES string of the molecule is CC1(C(=O)O)CC=CO1.O=C(CCl)c1cc2ccccc2c2ccc3c(c12)CCCC3. The Morgan fingerprint density at radius 1 is 1.10 bits per heavy atom. The summed E-state index contributed by atoms with van der Waals surface area (Å²) in [5, 5.41) is 13.2. The summed E-state index contributed by atoms with van der Waals surface area (Å²) >= 11 is 5.87. The third-order valence-corrected chi connectivity index (χ3v) is 6.40. The molecule has 4 nitrogen and oxygen atoms in total. The van der Waals surface area contributed by atoms with Gasteiger partial charge in [0.25, 0.3) is 0 Å². The Kier molecular flexibility index (Phi) is 6.01. The number of ketones is 1. The van der Waals surface area contributed by atoms with Crippen molar-refractivity contribution in [3.63, 3.8) is 0 Å². The molecular formula is C26H25ClO4. The van der Waals surface area contributed by atoms with Crippen LogP contribution in [0.5, 0.6) is 0 Å². The van der Waals surface area contributed by atoms with Crippen LogP contribution < -0.4 is 0 Å². The summed E-state index contributed by atoms with van der Waals surface area (Å²) in [5.41, 5.74) is 2.56. The van der Waals surface area contributed by atoms with Gasteiger partial charge in [-0.05, 0) is 77.4 Å². The highest BCUT2D eigenvalue weighted by molar-refractivity contribution is 6.33. The maximum atomic E-state index is 12.4. The molecule has 0 saturated heterocycles. The number of alkyl halides is 1. The third kappa shape index (κ3) is 4.05. The first-order valence-corrected chi connectivity index (χ1v) is 11.1. The van der Waals surface area contributed by atoms with Crippen molar-refractivity contribution >= 4 is 44.9 Å². The van der Waals surface area contributed by atoms with Crippen molar-refractivity contribution in [3.8, 4) is 0 Å².